The molecule has 0 aliphatic carbocycles. The van der Waals surface area contributed by atoms with E-state index in [2.05, 4.69) is 31.0 Å². The van der Waals surface area contributed by atoms with Crippen LogP contribution in [-0.2, 0) is 6.54 Å². The van der Waals surface area contributed by atoms with Crippen LogP contribution in [0.5, 0.6) is 11.5 Å². The highest BCUT2D eigenvalue weighted by atomic mass is 16.5. The minimum absolute atomic E-state index is 0.0946. The molecule has 1 heterocycles. The van der Waals surface area contributed by atoms with E-state index in [1.54, 1.807) is 4.57 Å². The normalized spacial score (nSPS) is 11.2. The quantitative estimate of drug-likeness (QED) is 0.663. The first-order chi connectivity index (χ1) is 12.1. The average Bonchev–Trinajstić information content (AvgIpc) is 2.93. The van der Waals surface area contributed by atoms with Crippen LogP contribution in [0.3, 0.4) is 0 Å². The van der Waals surface area contributed by atoms with Crippen molar-refractivity contribution in [2.75, 3.05) is 13.2 Å². The number of rotatable bonds is 7. The van der Waals surface area contributed by atoms with Gasteiger partial charge in [-0.1, -0.05) is 26.0 Å². The third-order valence-electron chi connectivity index (χ3n) is 4.23. The van der Waals surface area contributed by atoms with Crippen LogP contribution in [0, 0.1) is 0 Å². The second kappa shape index (κ2) is 7.47. The zero-order chi connectivity index (χ0) is 17.8. The van der Waals surface area contributed by atoms with Gasteiger partial charge in [-0.3, -0.25) is 4.57 Å². The largest absolute Gasteiger partial charge is 0.490 e. The highest BCUT2D eigenvalue weighted by Gasteiger charge is 2.06. The summed E-state index contributed by atoms with van der Waals surface area (Å²) < 4.78 is 13.2. The second-order valence-corrected chi connectivity index (χ2v) is 6.27. The lowest BCUT2D eigenvalue weighted by molar-refractivity contribution is 0.217. The number of H-pyrrole nitrogens is 1. The highest BCUT2D eigenvalue weighted by Crippen LogP contribution is 2.20. The fourth-order valence-electron chi connectivity index (χ4n) is 2.80. The van der Waals surface area contributed by atoms with Gasteiger partial charge in [0, 0.05) is 12.6 Å². The van der Waals surface area contributed by atoms with Gasteiger partial charge in [0.2, 0.25) is 0 Å². The van der Waals surface area contributed by atoms with Gasteiger partial charge in [0.05, 0.1) is 11.0 Å². The molecule has 132 valence electrons. The standard InChI is InChI=1S/C20H24N2O3/c1-4-22-19-13-17(9-10-18(19)21-20(22)23)25-12-11-24-16-7-5-15(6-8-16)14(2)3/h5-10,13-14H,4,11-12H2,1-3H3,(H,21,23). The van der Waals surface area contributed by atoms with E-state index in [9.17, 15) is 4.79 Å². The molecule has 0 atom stereocenters. The Morgan fingerprint density at radius 3 is 2.28 bits per heavy atom. The van der Waals surface area contributed by atoms with Crippen molar-refractivity contribution in [2.45, 2.75) is 33.2 Å². The highest BCUT2D eigenvalue weighted by molar-refractivity contribution is 5.76. The molecule has 0 bridgehead atoms. The van der Waals surface area contributed by atoms with Crippen LogP contribution < -0.4 is 15.2 Å². The fourth-order valence-corrected chi connectivity index (χ4v) is 2.80. The summed E-state index contributed by atoms with van der Waals surface area (Å²) in [6.07, 6.45) is 0. The molecular formula is C20H24N2O3. The van der Waals surface area contributed by atoms with E-state index in [1.165, 1.54) is 5.56 Å². The monoisotopic (exact) mass is 340 g/mol. The summed E-state index contributed by atoms with van der Waals surface area (Å²) in [6.45, 7) is 7.82. The Balaban J connectivity index is 1.57. The Morgan fingerprint density at radius 2 is 1.64 bits per heavy atom. The maximum Gasteiger partial charge on any atom is 0.326 e. The van der Waals surface area contributed by atoms with E-state index in [4.69, 9.17) is 9.47 Å². The number of fused-ring (bicyclic) bond motifs is 1. The molecule has 2 aromatic carbocycles. The molecule has 0 spiro atoms. The lowest BCUT2D eigenvalue weighted by Gasteiger charge is -2.10. The summed E-state index contributed by atoms with van der Waals surface area (Å²) in [4.78, 5) is 14.6. The van der Waals surface area contributed by atoms with Crippen molar-refractivity contribution in [1.29, 1.82) is 0 Å². The van der Waals surface area contributed by atoms with Crippen LogP contribution in [0.4, 0.5) is 0 Å². The van der Waals surface area contributed by atoms with Gasteiger partial charge in [-0.05, 0) is 42.7 Å². The summed E-state index contributed by atoms with van der Waals surface area (Å²) >= 11 is 0. The van der Waals surface area contributed by atoms with E-state index in [0.29, 0.717) is 25.7 Å². The molecule has 5 heteroatoms. The maximum absolute atomic E-state index is 11.8. The topological polar surface area (TPSA) is 56.2 Å². The predicted octanol–water partition coefficient (Wildman–Crippen LogP) is 3.93. The zero-order valence-electron chi connectivity index (χ0n) is 14.9. The van der Waals surface area contributed by atoms with Crippen molar-refractivity contribution < 1.29 is 9.47 Å². The van der Waals surface area contributed by atoms with Crippen LogP contribution in [0.15, 0.2) is 47.3 Å². The first kappa shape index (κ1) is 17.1. The third kappa shape index (κ3) is 3.87. The second-order valence-electron chi connectivity index (χ2n) is 6.27. The molecule has 0 saturated heterocycles. The minimum atomic E-state index is -0.0946. The lowest BCUT2D eigenvalue weighted by atomic mass is 10.0. The predicted molar refractivity (Wildman–Crippen MR) is 99.8 cm³/mol. The SMILES string of the molecule is CCn1c(=O)[nH]c2ccc(OCCOc3ccc(C(C)C)cc3)cc21. The minimum Gasteiger partial charge on any atom is -0.490 e. The van der Waals surface area contributed by atoms with Crippen LogP contribution >= 0.6 is 0 Å². The van der Waals surface area contributed by atoms with Gasteiger partial charge in [-0.25, -0.2) is 4.79 Å². The Labute approximate surface area is 147 Å². The number of benzene rings is 2. The van der Waals surface area contributed by atoms with E-state index in [0.717, 1.165) is 22.5 Å². The van der Waals surface area contributed by atoms with Crippen molar-refractivity contribution in [2.24, 2.45) is 0 Å². The molecule has 0 unspecified atom stereocenters. The molecule has 0 aliphatic rings. The molecular weight excluding hydrogens is 316 g/mol. The van der Waals surface area contributed by atoms with E-state index < -0.39 is 0 Å². The fraction of sp³-hybridized carbons (Fsp3) is 0.350. The summed E-state index contributed by atoms with van der Waals surface area (Å²) in [6, 6.07) is 13.8. The molecule has 25 heavy (non-hydrogen) atoms. The zero-order valence-corrected chi connectivity index (χ0v) is 14.9. The van der Waals surface area contributed by atoms with Gasteiger partial charge in [0.1, 0.15) is 24.7 Å². The molecule has 3 aromatic rings. The lowest BCUT2D eigenvalue weighted by Crippen LogP contribution is -2.15. The summed E-state index contributed by atoms with van der Waals surface area (Å²) in [7, 11) is 0. The van der Waals surface area contributed by atoms with Crippen LogP contribution in [-0.4, -0.2) is 22.8 Å². The van der Waals surface area contributed by atoms with Gasteiger partial charge in [-0.15, -0.1) is 0 Å². The van der Waals surface area contributed by atoms with Gasteiger partial charge in [0.15, 0.2) is 0 Å². The Bertz CT molecular complexity index is 891. The van der Waals surface area contributed by atoms with E-state index in [1.807, 2.05) is 37.3 Å². The number of nitrogens with one attached hydrogen (secondary N) is 1. The van der Waals surface area contributed by atoms with Gasteiger partial charge in [0.25, 0.3) is 0 Å². The first-order valence-corrected chi connectivity index (χ1v) is 8.66. The van der Waals surface area contributed by atoms with Gasteiger partial charge in [-0.2, -0.15) is 0 Å². The molecule has 3 rings (SSSR count). The molecule has 1 aromatic heterocycles. The van der Waals surface area contributed by atoms with Crippen molar-refractivity contribution in [3.63, 3.8) is 0 Å². The molecule has 0 fully saturated rings. The van der Waals surface area contributed by atoms with Crippen molar-refractivity contribution in [3.8, 4) is 11.5 Å². The van der Waals surface area contributed by atoms with E-state index >= 15 is 0 Å². The summed E-state index contributed by atoms with van der Waals surface area (Å²) in [5.41, 5.74) is 2.88. The number of hydrogen-bond donors (Lipinski definition) is 1. The van der Waals surface area contributed by atoms with E-state index in [-0.39, 0.29) is 5.69 Å². The van der Waals surface area contributed by atoms with Crippen LogP contribution in [0.25, 0.3) is 11.0 Å². The number of aryl methyl sites for hydroxylation is 1. The Morgan fingerprint density at radius 1 is 1.00 bits per heavy atom. The first-order valence-electron chi connectivity index (χ1n) is 8.66. The Kier molecular flexibility index (Phi) is 5.12. The number of aromatic nitrogens is 2. The number of ether oxygens (including phenoxy) is 2. The van der Waals surface area contributed by atoms with Gasteiger partial charge < -0.3 is 14.5 Å². The summed E-state index contributed by atoms with van der Waals surface area (Å²) in [5, 5.41) is 0. The van der Waals surface area contributed by atoms with Crippen molar-refractivity contribution in [1.82, 2.24) is 9.55 Å². The maximum atomic E-state index is 11.8. The smallest absolute Gasteiger partial charge is 0.326 e. The number of aromatic amines is 1. The molecule has 5 nitrogen and oxygen atoms in total. The molecule has 0 amide bonds. The molecule has 0 aliphatic heterocycles. The molecule has 0 saturated carbocycles. The van der Waals surface area contributed by atoms with Crippen molar-refractivity contribution >= 4 is 11.0 Å². The number of hydrogen-bond acceptors (Lipinski definition) is 3. The van der Waals surface area contributed by atoms with Crippen LogP contribution in [0.1, 0.15) is 32.3 Å². The Hall–Kier alpha value is -2.69. The molecule has 0 radical (unpaired) electrons. The summed E-state index contributed by atoms with van der Waals surface area (Å²) in [5.74, 6) is 2.09. The third-order valence-corrected chi connectivity index (χ3v) is 4.23. The average molecular weight is 340 g/mol. The van der Waals surface area contributed by atoms with Gasteiger partial charge >= 0.3 is 5.69 Å². The number of nitrogens with zero attached hydrogens (tertiary/aromatic N) is 1. The van der Waals surface area contributed by atoms with Crippen molar-refractivity contribution in [3.05, 3.63) is 58.5 Å². The molecule has 1 N–H and O–H groups in total. The number of imidazole rings is 1. The van der Waals surface area contributed by atoms with Crippen LogP contribution in [0.2, 0.25) is 0 Å².